The van der Waals surface area contributed by atoms with Crippen molar-refractivity contribution >= 4 is 5.97 Å². The van der Waals surface area contributed by atoms with Gasteiger partial charge in [-0.3, -0.25) is 0 Å². The number of hydrogen-bond acceptors (Lipinski definition) is 2. The van der Waals surface area contributed by atoms with Crippen LogP contribution >= 0.6 is 0 Å². The van der Waals surface area contributed by atoms with E-state index in [1.165, 1.54) is 13.8 Å². The third kappa shape index (κ3) is 2.32. The summed E-state index contributed by atoms with van der Waals surface area (Å²) in [5.41, 5.74) is -0.967. The minimum atomic E-state index is -2.03. The minimum Gasteiger partial charge on any atom is -0.459 e. The van der Waals surface area contributed by atoms with E-state index in [0.29, 0.717) is 0 Å². The first kappa shape index (κ1) is 12.5. The lowest BCUT2D eigenvalue weighted by atomic mass is 10.2. The molecule has 0 fully saturated rings. The molecule has 0 aliphatic rings. The average molecular weight is 236 g/mol. The summed E-state index contributed by atoms with van der Waals surface area (Å²) in [5, 5.41) is 0. The smallest absolute Gasteiger partial charge is 0.341 e. The van der Waals surface area contributed by atoms with Crippen LogP contribution in [0.3, 0.4) is 0 Å². The zero-order valence-electron chi connectivity index (χ0n) is 8.48. The number of hydrogen-bond donors (Lipinski definition) is 0. The summed E-state index contributed by atoms with van der Waals surface area (Å²) >= 11 is 0. The van der Waals surface area contributed by atoms with Crippen LogP contribution in [0.2, 0.25) is 0 Å². The predicted octanol–water partition coefficient (Wildman–Crippen LogP) is 2.81. The topological polar surface area (TPSA) is 26.3 Å². The highest BCUT2D eigenvalue weighted by Gasteiger charge is 2.24. The first-order valence-corrected chi connectivity index (χ1v) is 4.38. The molecule has 0 unspecified atom stereocenters. The molecule has 1 aromatic rings. The van der Waals surface area contributed by atoms with Crippen molar-refractivity contribution in [1.82, 2.24) is 0 Å². The standard InChI is InChI=1S/C10H8F4O2/c1-4(2)16-10(15)5-3-6(11)8(13)9(14)7(5)12/h3-4H,1-2H3. The molecule has 1 rings (SSSR count). The second-order valence-electron chi connectivity index (χ2n) is 3.30. The molecular weight excluding hydrogens is 228 g/mol. The molecule has 88 valence electrons. The highest BCUT2D eigenvalue weighted by atomic mass is 19.2. The van der Waals surface area contributed by atoms with E-state index in [0.717, 1.165) is 0 Å². The first-order chi connectivity index (χ1) is 7.34. The van der Waals surface area contributed by atoms with Crippen LogP contribution in [0.15, 0.2) is 6.07 Å². The maximum Gasteiger partial charge on any atom is 0.341 e. The van der Waals surface area contributed by atoms with Crippen LogP contribution in [-0.4, -0.2) is 12.1 Å². The van der Waals surface area contributed by atoms with E-state index >= 15 is 0 Å². The van der Waals surface area contributed by atoms with Crippen molar-refractivity contribution in [3.63, 3.8) is 0 Å². The molecule has 0 aliphatic heterocycles. The third-order valence-corrected chi connectivity index (χ3v) is 1.67. The second kappa shape index (κ2) is 4.51. The summed E-state index contributed by atoms with van der Waals surface area (Å²) in [6.45, 7) is 2.96. The van der Waals surface area contributed by atoms with Gasteiger partial charge in [-0.2, -0.15) is 0 Å². The zero-order chi connectivity index (χ0) is 12.5. The molecular formula is C10H8F4O2. The molecule has 0 saturated carbocycles. The maximum absolute atomic E-state index is 13.1. The summed E-state index contributed by atoms with van der Waals surface area (Å²) in [5.74, 6) is -8.64. The number of ether oxygens (including phenoxy) is 1. The Bertz CT molecular complexity index is 429. The highest BCUT2D eigenvalue weighted by molar-refractivity contribution is 5.89. The predicted molar refractivity (Wildman–Crippen MR) is 46.8 cm³/mol. The fourth-order valence-corrected chi connectivity index (χ4v) is 0.999. The van der Waals surface area contributed by atoms with Gasteiger partial charge in [0.1, 0.15) is 5.56 Å². The lowest BCUT2D eigenvalue weighted by molar-refractivity contribution is 0.0370. The summed E-state index contributed by atoms with van der Waals surface area (Å²) in [6, 6.07) is 0.262. The van der Waals surface area contributed by atoms with Crippen molar-refractivity contribution in [3.05, 3.63) is 34.9 Å². The molecule has 2 nitrogen and oxygen atoms in total. The van der Waals surface area contributed by atoms with Gasteiger partial charge in [-0.25, -0.2) is 22.4 Å². The van der Waals surface area contributed by atoms with Gasteiger partial charge in [0, 0.05) is 0 Å². The van der Waals surface area contributed by atoms with Crippen LogP contribution < -0.4 is 0 Å². The number of halogens is 4. The second-order valence-corrected chi connectivity index (χ2v) is 3.30. The summed E-state index contributed by atoms with van der Waals surface area (Å²) in [7, 11) is 0. The molecule has 0 N–H and O–H groups in total. The molecule has 0 heterocycles. The Labute approximate surface area is 88.8 Å². The van der Waals surface area contributed by atoms with Gasteiger partial charge < -0.3 is 4.74 Å². The number of rotatable bonds is 2. The molecule has 6 heteroatoms. The van der Waals surface area contributed by atoms with Crippen LogP contribution in [-0.2, 0) is 4.74 Å². The van der Waals surface area contributed by atoms with Gasteiger partial charge in [0.15, 0.2) is 23.3 Å². The van der Waals surface area contributed by atoms with Gasteiger partial charge in [0.05, 0.1) is 6.10 Å². The van der Waals surface area contributed by atoms with E-state index < -0.39 is 40.9 Å². The molecule has 0 aromatic heterocycles. The van der Waals surface area contributed by atoms with Crippen molar-refractivity contribution in [2.24, 2.45) is 0 Å². The van der Waals surface area contributed by atoms with Crippen LogP contribution in [0, 0.1) is 23.3 Å². The van der Waals surface area contributed by atoms with Crippen LogP contribution in [0.4, 0.5) is 17.6 Å². The SMILES string of the molecule is CC(C)OC(=O)c1cc(F)c(F)c(F)c1F. The summed E-state index contributed by atoms with van der Waals surface area (Å²) in [4.78, 5) is 11.2. The Morgan fingerprint density at radius 3 is 2.19 bits per heavy atom. The zero-order valence-corrected chi connectivity index (χ0v) is 8.48. The lowest BCUT2D eigenvalue weighted by Gasteiger charge is -2.09. The van der Waals surface area contributed by atoms with Crippen molar-refractivity contribution in [2.45, 2.75) is 20.0 Å². The number of carbonyl (C=O) groups excluding carboxylic acids is 1. The van der Waals surface area contributed by atoms with Gasteiger partial charge in [-0.15, -0.1) is 0 Å². The minimum absolute atomic E-state index is 0.262. The van der Waals surface area contributed by atoms with Crippen molar-refractivity contribution in [2.75, 3.05) is 0 Å². The third-order valence-electron chi connectivity index (χ3n) is 1.67. The Hall–Kier alpha value is -1.59. The van der Waals surface area contributed by atoms with Crippen LogP contribution in [0.1, 0.15) is 24.2 Å². The van der Waals surface area contributed by atoms with E-state index in [2.05, 4.69) is 4.74 Å². The summed E-state index contributed by atoms with van der Waals surface area (Å²) < 4.78 is 55.6. The Morgan fingerprint density at radius 2 is 1.69 bits per heavy atom. The Balaban J connectivity index is 3.20. The number of esters is 1. The molecule has 0 aliphatic carbocycles. The quantitative estimate of drug-likeness (QED) is 0.341. The van der Waals surface area contributed by atoms with E-state index in [1.54, 1.807) is 0 Å². The lowest BCUT2D eigenvalue weighted by Crippen LogP contribution is -2.15. The van der Waals surface area contributed by atoms with Crippen molar-refractivity contribution in [1.29, 1.82) is 0 Å². The fourth-order valence-electron chi connectivity index (χ4n) is 0.999. The monoisotopic (exact) mass is 236 g/mol. The van der Waals surface area contributed by atoms with Crippen molar-refractivity contribution in [3.8, 4) is 0 Å². The fraction of sp³-hybridized carbons (Fsp3) is 0.300. The van der Waals surface area contributed by atoms with Gasteiger partial charge >= 0.3 is 5.97 Å². The largest absolute Gasteiger partial charge is 0.459 e. The molecule has 0 bridgehead atoms. The van der Waals surface area contributed by atoms with Gasteiger partial charge in [0.25, 0.3) is 0 Å². The van der Waals surface area contributed by atoms with Gasteiger partial charge in [0.2, 0.25) is 0 Å². The molecule has 0 radical (unpaired) electrons. The van der Waals surface area contributed by atoms with E-state index in [-0.39, 0.29) is 6.07 Å². The van der Waals surface area contributed by atoms with E-state index in [4.69, 9.17) is 0 Å². The molecule has 0 spiro atoms. The molecule has 16 heavy (non-hydrogen) atoms. The Morgan fingerprint density at radius 1 is 1.12 bits per heavy atom. The van der Waals surface area contributed by atoms with Gasteiger partial charge in [-0.1, -0.05) is 0 Å². The number of benzene rings is 1. The normalized spacial score (nSPS) is 10.7. The van der Waals surface area contributed by atoms with Gasteiger partial charge in [-0.05, 0) is 19.9 Å². The molecule has 1 aromatic carbocycles. The van der Waals surface area contributed by atoms with E-state index in [1.807, 2.05) is 0 Å². The van der Waals surface area contributed by atoms with Crippen LogP contribution in [0.5, 0.6) is 0 Å². The Kier molecular flexibility index (Phi) is 3.51. The van der Waals surface area contributed by atoms with Crippen LogP contribution in [0.25, 0.3) is 0 Å². The molecule has 0 amide bonds. The van der Waals surface area contributed by atoms with Crippen molar-refractivity contribution < 1.29 is 27.1 Å². The number of carbonyl (C=O) groups is 1. The average Bonchev–Trinajstić information content (AvgIpc) is 2.19. The summed E-state index contributed by atoms with van der Waals surface area (Å²) in [6.07, 6.45) is -0.580. The van der Waals surface area contributed by atoms with E-state index in [9.17, 15) is 22.4 Å². The first-order valence-electron chi connectivity index (χ1n) is 4.38. The maximum atomic E-state index is 13.1. The molecule has 0 saturated heterocycles. The highest BCUT2D eigenvalue weighted by Crippen LogP contribution is 2.19. The molecule has 0 atom stereocenters.